The van der Waals surface area contributed by atoms with Crippen molar-refractivity contribution >= 4 is 5.97 Å². The number of carbonyl (C=O) groups is 1. The lowest BCUT2D eigenvalue weighted by molar-refractivity contribution is -0.137. The van der Waals surface area contributed by atoms with Crippen LogP contribution in [0.25, 0.3) is 0 Å². The van der Waals surface area contributed by atoms with Crippen molar-refractivity contribution in [3.63, 3.8) is 0 Å². The van der Waals surface area contributed by atoms with Crippen LogP contribution in [-0.2, 0) is 9.53 Å². The summed E-state index contributed by atoms with van der Waals surface area (Å²) in [4.78, 5) is 12.8. The second-order valence-corrected chi connectivity index (χ2v) is 5.10. The number of hydrogen-bond donors (Lipinski definition) is 1. The van der Waals surface area contributed by atoms with E-state index in [0.29, 0.717) is 13.2 Å². The van der Waals surface area contributed by atoms with Gasteiger partial charge >= 0.3 is 5.97 Å². The Balaban J connectivity index is 3.57. The Morgan fingerprint density at radius 2 is 1.63 bits per heavy atom. The lowest BCUT2D eigenvalue weighted by atomic mass is 10.1. The average Bonchev–Trinajstić information content (AvgIpc) is 2.39. The third-order valence-corrected chi connectivity index (χ3v) is 3.33. The van der Waals surface area contributed by atoms with E-state index < -0.39 is 5.97 Å². The van der Waals surface area contributed by atoms with Crippen molar-refractivity contribution in [3.8, 4) is 0 Å². The molecule has 0 aliphatic rings. The van der Waals surface area contributed by atoms with Gasteiger partial charge in [0.2, 0.25) is 0 Å². The number of carboxylic acids is 1. The van der Waals surface area contributed by atoms with Crippen LogP contribution in [0.15, 0.2) is 0 Å². The third kappa shape index (κ3) is 13.6. The maximum absolute atomic E-state index is 10.6. The molecular formula is C15H31NO3. The Morgan fingerprint density at radius 1 is 1.00 bits per heavy atom. The number of ether oxygens (including phenoxy) is 1. The number of methoxy groups -OCH3 is 1. The molecule has 0 heterocycles. The Labute approximate surface area is 118 Å². The van der Waals surface area contributed by atoms with E-state index in [2.05, 4.69) is 11.8 Å². The Bertz CT molecular complexity index is 210. The first-order chi connectivity index (χ1) is 9.20. The van der Waals surface area contributed by atoms with Crippen LogP contribution in [0.4, 0.5) is 0 Å². The summed E-state index contributed by atoms with van der Waals surface area (Å²) in [5, 5.41) is 8.72. The summed E-state index contributed by atoms with van der Waals surface area (Å²) < 4.78 is 5.06. The summed E-state index contributed by atoms with van der Waals surface area (Å²) >= 11 is 0. The Kier molecular flexibility index (Phi) is 13.4. The summed E-state index contributed by atoms with van der Waals surface area (Å²) in [5.74, 6) is -0.720. The fourth-order valence-electron chi connectivity index (χ4n) is 2.10. The van der Waals surface area contributed by atoms with Gasteiger partial charge in [-0.3, -0.25) is 4.79 Å². The molecule has 19 heavy (non-hydrogen) atoms. The van der Waals surface area contributed by atoms with E-state index in [0.717, 1.165) is 19.5 Å². The summed E-state index contributed by atoms with van der Waals surface area (Å²) in [6, 6.07) is 0. The van der Waals surface area contributed by atoms with Crippen molar-refractivity contribution in [2.45, 2.75) is 58.3 Å². The highest BCUT2D eigenvalue weighted by atomic mass is 16.5. The number of aliphatic carboxylic acids is 1. The van der Waals surface area contributed by atoms with Gasteiger partial charge < -0.3 is 14.7 Å². The molecule has 0 aromatic heterocycles. The molecule has 0 aliphatic carbocycles. The van der Waals surface area contributed by atoms with Crippen molar-refractivity contribution in [1.82, 2.24) is 4.90 Å². The standard InChI is InChI=1S/C15H31NO3/c1-3-4-5-6-7-8-9-11-16(13-14-19-2)12-10-15(17)18/h3-14H2,1-2H3,(H,17,18). The van der Waals surface area contributed by atoms with E-state index in [1.807, 2.05) is 0 Å². The fraction of sp³-hybridized carbons (Fsp3) is 0.933. The van der Waals surface area contributed by atoms with Crippen LogP contribution in [0.3, 0.4) is 0 Å². The highest BCUT2D eigenvalue weighted by Crippen LogP contribution is 2.07. The van der Waals surface area contributed by atoms with E-state index >= 15 is 0 Å². The largest absolute Gasteiger partial charge is 0.481 e. The molecule has 0 saturated heterocycles. The van der Waals surface area contributed by atoms with Gasteiger partial charge in [0.15, 0.2) is 0 Å². The molecule has 0 aromatic rings. The highest BCUT2D eigenvalue weighted by Gasteiger charge is 2.06. The molecule has 4 heteroatoms. The monoisotopic (exact) mass is 273 g/mol. The van der Waals surface area contributed by atoms with Gasteiger partial charge in [-0.1, -0.05) is 45.4 Å². The SMILES string of the molecule is CCCCCCCCCN(CCOC)CCC(=O)O. The van der Waals surface area contributed by atoms with Crippen LogP contribution < -0.4 is 0 Å². The first-order valence-electron chi connectivity index (χ1n) is 7.63. The van der Waals surface area contributed by atoms with Crippen LogP contribution in [0.5, 0.6) is 0 Å². The molecule has 0 spiro atoms. The van der Waals surface area contributed by atoms with Gasteiger partial charge in [-0.2, -0.15) is 0 Å². The minimum absolute atomic E-state index is 0.222. The summed E-state index contributed by atoms with van der Waals surface area (Å²) in [6.45, 7) is 5.37. The van der Waals surface area contributed by atoms with E-state index in [1.54, 1.807) is 7.11 Å². The van der Waals surface area contributed by atoms with Crippen LogP contribution in [-0.4, -0.2) is 49.3 Å². The third-order valence-electron chi connectivity index (χ3n) is 3.33. The molecule has 4 nitrogen and oxygen atoms in total. The van der Waals surface area contributed by atoms with Gasteiger partial charge in [0.1, 0.15) is 0 Å². The number of carboxylic acid groups (broad SMARTS) is 1. The summed E-state index contributed by atoms with van der Waals surface area (Å²) in [6.07, 6.45) is 9.26. The molecular weight excluding hydrogens is 242 g/mol. The molecule has 0 atom stereocenters. The number of rotatable bonds is 14. The molecule has 0 amide bonds. The van der Waals surface area contributed by atoms with E-state index in [9.17, 15) is 4.79 Å². The zero-order chi connectivity index (χ0) is 14.3. The number of unbranched alkanes of at least 4 members (excludes halogenated alkanes) is 6. The highest BCUT2D eigenvalue weighted by molar-refractivity contribution is 5.66. The predicted octanol–water partition coefficient (Wildman–Crippen LogP) is 3.16. The molecule has 0 radical (unpaired) electrons. The Hall–Kier alpha value is -0.610. The predicted molar refractivity (Wildman–Crippen MR) is 78.6 cm³/mol. The first kappa shape index (κ1) is 18.4. The quantitative estimate of drug-likeness (QED) is 0.494. The number of hydrogen-bond acceptors (Lipinski definition) is 3. The van der Waals surface area contributed by atoms with Crippen molar-refractivity contribution in [1.29, 1.82) is 0 Å². The Morgan fingerprint density at radius 3 is 2.21 bits per heavy atom. The zero-order valence-electron chi connectivity index (χ0n) is 12.7. The number of nitrogens with zero attached hydrogens (tertiary/aromatic N) is 1. The van der Waals surface area contributed by atoms with Gasteiger partial charge in [0.25, 0.3) is 0 Å². The lowest BCUT2D eigenvalue weighted by Gasteiger charge is -2.20. The van der Waals surface area contributed by atoms with Gasteiger partial charge in [-0.05, 0) is 13.0 Å². The molecule has 114 valence electrons. The molecule has 0 saturated carbocycles. The van der Waals surface area contributed by atoms with Crippen LogP contribution in [0, 0.1) is 0 Å². The van der Waals surface area contributed by atoms with Crippen LogP contribution in [0.2, 0.25) is 0 Å². The normalized spacial score (nSPS) is 11.1. The van der Waals surface area contributed by atoms with Crippen molar-refractivity contribution < 1.29 is 14.6 Å². The summed E-state index contributed by atoms with van der Waals surface area (Å²) in [5.41, 5.74) is 0. The average molecular weight is 273 g/mol. The molecule has 1 N–H and O–H groups in total. The van der Waals surface area contributed by atoms with Gasteiger partial charge in [-0.25, -0.2) is 0 Å². The maximum Gasteiger partial charge on any atom is 0.304 e. The van der Waals surface area contributed by atoms with E-state index in [-0.39, 0.29) is 6.42 Å². The molecule has 0 fully saturated rings. The first-order valence-corrected chi connectivity index (χ1v) is 7.63. The molecule has 0 unspecified atom stereocenters. The maximum atomic E-state index is 10.6. The van der Waals surface area contributed by atoms with Crippen LogP contribution >= 0.6 is 0 Å². The van der Waals surface area contributed by atoms with Crippen molar-refractivity contribution in [3.05, 3.63) is 0 Å². The zero-order valence-corrected chi connectivity index (χ0v) is 12.7. The second kappa shape index (κ2) is 13.8. The second-order valence-electron chi connectivity index (χ2n) is 5.10. The van der Waals surface area contributed by atoms with Crippen LogP contribution in [0.1, 0.15) is 58.3 Å². The molecule has 0 bridgehead atoms. The molecule has 0 aromatic carbocycles. The fourth-order valence-corrected chi connectivity index (χ4v) is 2.10. The minimum atomic E-state index is -0.720. The van der Waals surface area contributed by atoms with Gasteiger partial charge in [0.05, 0.1) is 13.0 Å². The van der Waals surface area contributed by atoms with Gasteiger partial charge in [0, 0.05) is 20.2 Å². The lowest BCUT2D eigenvalue weighted by Crippen LogP contribution is -2.30. The minimum Gasteiger partial charge on any atom is -0.481 e. The van der Waals surface area contributed by atoms with Crippen molar-refractivity contribution in [2.75, 3.05) is 33.4 Å². The van der Waals surface area contributed by atoms with E-state index in [4.69, 9.17) is 9.84 Å². The topological polar surface area (TPSA) is 49.8 Å². The molecule has 0 aliphatic heterocycles. The van der Waals surface area contributed by atoms with E-state index in [1.165, 1.54) is 38.5 Å². The van der Waals surface area contributed by atoms with Gasteiger partial charge in [-0.15, -0.1) is 0 Å². The summed E-state index contributed by atoms with van der Waals surface area (Å²) in [7, 11) is 1.68. The van der Waals surface area contributed by atoms with Crippen molar-refractivity contribution in [2.24, 2.45) is 0 Å². The molecule has 0 rings (SSSR count). The smallest absolute Gasteiger partial charge is 0.304 e.